The SMILES string of the molecule is CC(=O)N[C@H]1C([C@H](O)[C@H](O)CO)O[C@@](C(=O)O)(P(=O)(O)OC[C@H]2O[C@@H](n3ccc(N)nc3=O)C(O)C2O)C[C@H]1O. The molecule has 2 aliphatic rings. The highest BCUT2D eigenvalue weighted by Gasteiger charge is 2.65. The molecule has 1 aromatic heterocycles. The van der Waals surface area contributed by atoms with Crippen molar-refractivity contribution in [3.8, 4) is 0 Å². The fourth-order valence-corrected chi connectivity index (χ4v) is 5.91. The molecule has 2 fully saturated rings. The molecule has 0 aliphatic carbocycles. The van der Waals surface area contributed by atoms with Crippen molar-refractivity contribution >= 4 is 25.3 Å². The minimum atomic E-state index is -5.60. The molecule has 4 unspecified atom stereocenters. The quantitative estimate of drug-likeness (QED) is 0.112. The minimum absolute atomic E-state index is 0.139. The summed E-state index contributed by atoms with van der Waals surface area (Å²) < 4.78 is 29.8. The average molecular weight is 598 g/mol. The number of nitrogen functional groups attached to an aromatic ring is 1. The predicted octanol–water partition coefficient (Wildman–Crippen LogP) is -5.20. The van der Waals surface area contributed by atoms with Gasteiger partial charge in [0, 0.05) is 19.5 Å². The van der Waals surface area contributed by atoms with E-state index >= 15 is 0 Å². The van der Waals surface area contributed by atoms with Crippen molar-refractivity contribution in [3.05, 3.63) is 22.7 Å². The van der Waals surface area contributed by atoms with Crippen LogP contribution in [-0.2, 0) is 28.2 Å². The Hall–Kier alpha value is -2.55. The number of hydrogen-bond acceptors (Lipinski definition) is 15. The largest absolute Gasteiger partial charge is 0.479 e. The normalized spacial score (nSPS) is 35.5. The Labute approximate surface area is 224 Å². The lowest BCUT2D eigenvalue weighted by molar-refractivity contribution is -0.212. The zero-order chi connectivity index (χ0) is 30.2. The molecule has 0 radical (unpaired) electrons. The Balaban J connectivity index is 1.87. The maximum atomic E-state index is 13.4. The highest BCUT2D eigenvalue weighted by atomic mass is 31.2. The second-order valence-electron chi connectivity index (χ2n) is 9.32. The lowest BCUT2D eigenvalue weighted by Gasteiger charge is -2.47. The van der Waals surface area contributed by atoms with Gasteiger partial charge in [-0.25, -0.2) is 9.59 Å². The number of hydrogen-bond donors (Lipinski definition) is 10. The molecule has 226 valence electrons. The van der Waals surface area contributed by atoms with Gasteiger partial charge in [-0.2, -0.15) is 4.98 Å². The smallest absolute Gasteiger partial charge is 0.371 e. The van der Waals surface area contributed by atoms with Crippen LogP contribution in [0.1, 0.15) is 19.6 Å². The van der Waals surface area contributed by atoms with Gasteiger partial charge in [0.25, 0.3) is 5.34 Å². The van der Waals surface area contributed by atoms with Gasteiger partial charge < -0.3 is 65.7 Å². The van der Waals surface area contributed by atoms with Gasteiger partial charge in [0.2, 0.25) is 5.91 Å². The van der Waals surface area contributed by atoms with Crippen molar-refractivity contribution in [1.29, 1.82) is 0 Å². The number of carboxylic acid groups (broad SMARTS) is 1. The predicted molar refractivity (Wildman–Crippen MR) is 127 cm³/mol. The number of nitrogens with two attached hydrogens (primary N) is 1. The molecule has 2 saturated heterocycles. The van der Waals surface area contributed by atoms with E-state index in [4.69, 9.17) is 19.7 Å². The molecule has 3 heterocycles. The van der Waals surface area contributed by atoms with Crippen LogP contribution in [0.2, 0.25) is 0 Å². The van der Waals surface area contributed by atoms with Crippen LogP contribution in [0.25, 0.3) is 0 Å². The number of nitrogens with one attached hydrogen (secondary N) is 1. The van der Waals surface area contributed by atoms with Gasteiger partial charge in [0.15, 0.2) is 6.23 Å². The van der Waals surface area contributed by atoms with Crippen molar-refractivity contribution in [2.24, 2.45) is 0 Å². The number of carbonyl (C=O) groups excluding carboxylic acids is 1. The summed E-state index contributed by atoms with van der Waals surface area (Å²) in [6.45, 7) is -1.10. The van der Waals surface area contributed by atoms with Gasteiger partial charge in [0.05, 0.1) is 25.4 Å². The summed E-state index contributed by atoms with van der Waals surface area (Å²) in [5, 5.41) is 69.8. The maximum Gasteiger partial charge on any atom is 0.371 e. The second kappa shape index (κ2) is 12.1. The first kappa shape index (κ1) is 32.0. The van der Waals surface area contributed by atoms with E-state index in [1.54, 1.807) is 0 Å². The number of aliphatic carboxylic acids is 1. The van der Waals surface area contributed by atoms with Crippen molar-refractivity contribution in [2.45, 2.75) is 73.7 Å². The number of rotatable bonds is 10. The first-order valence-electron chi connectivity index (χ1n) is 11.7. The van der Waals surface area contributed by atoms with Gasteiger partial charge >= 0.3 is 19.3 Å². The van der Waals surface area contributed by atoms with E-state index < -0.39 is 105 Å². The van der Waals surface area contributed by atoms with Crippen LogP contribution < -0.4 is 16.7 Å². The summed E-state index contributed by atoms with van der Waals surface area (Å²) >= 11 is 0. The van der Waals surface area contributed by atoms with Crippen LogP contribution in [0.15, 0.2) is 17.1 Å². The van der Waals surface area contributed by atoms with Gasteiger partial charge in [-0.15, -0.1) is 0 Å². The summed E-state index contributed by atoms with van der Waals surface area (Å²) in [4.78, 5) is 50.3. The molecule has 2 aliphatic heterocycles. The molecule has 0 spiro atoms. The van der Waals surface area contributed by atoms with E-state index in [9.17, 15) is 59.6 Å². The Morgan fingerprint density at radius 2 is 1.98 bits per heavy atom. The Morgan fingerprint density at radius 1 is 1.32 bits per heavy atom. The standard InChI is InChI=1S/C20H31N4O15P/c1-7(26)22-12-8(27)4-20(18(32)33,39-16(12)13(29)9(28)5-25)40(35,36)37-6-10-14(30)15(31)17(38-10)24-3-2-11(21)23-19(24)34/h2-3,8-10,12-17,25,27-31H,4-6H2,1H3,(H,22,26)(H,32,33)(H,35,36)(H2,21,23,34)/t8-,9-,10-,12-,13-,14?,15?,16?,17-,20-/m1/s1. The topological polar surface area (TPSA) is 314 Å². The van der Waals surface area contributed by atoms with E-state index in [0.717, 1.165) is 17.7 Å². The third-order valence-electron chi connectivity index (χ3n) is 6.54. The Morgan fingerprint density at radius 3 is 2.52 bits per heavy atom. The van der Waals surface area contributed by atoms with Crippen molar-refractivity contribution in [3.63, 3.8) is 0 Å². The van der Waals surface area contributed by atoms with Crippen LogP contribution in [0.3, 0.4) is 0 Å². The van der Waals surface area contributed by atoms with E-state index in [1.165, 1.54) is 6.07 Å². The van der Waals surface area contributed by atoms with E-state index in [0.29, 0.717) is 0 Å². The van der Waals surface area contributed by atoms with E-state index in [2.05, 4.69) is 10.3 Å². The zero-order valence-corrected chi connectivity index (χ0v) is 21.7. The molecular weight excluding hydrogens is 567 g/mol. The lowest BCUT2D eigenvalue weighted by atomic mass is 9.89. The number of aliphatic hydroxyl groups excluding tert-OH is 6. The van der Waals surface area contributed by atoms with Crippen LogP contribution >= 0.6 is 7.60 Å². The number of amides is 1. The van der Waals surface area contributed by atoms with Gasteiger partial charge in [-0.3, -0.25) is 13.9 Å². The molecule has 40 heavy (non-hydrogen) atoms. The monoisotopic (exact) mass is 598 g/mol. The fraction of sp³-hybridized carbons (Fsp3) is 0.700. The molecule has 11 atom stereocenters. The summed E-state index contributed by atoms with van der Waals surface area (Å²) in [5.74, 6) is -3.05. The summed E-state index contributed by atoms with van der Waals surface area (Å²) in [6, 6.07) is -0.394. The number of carboxylic acids is 1. The molecule has 0 bridgehead atoms. The van der Waals surface area contributed by atoms with Crippen molar-refractivity contribution < 1.29 is 68.8 Å². The average Bonchev–Trinajstić information content (AvgIpc) is 3.15. The highest BCUT2D eigenvalue weighted by molar-refractivity contribution is 7.55. The summed E-state index contributed by atoms with van der Waals surface area (Å²) in [6.07, 6.45) is -14.9. The lowest BCUT2D eigenvalue weighted by Crippen LogP contribution is -2.67. The highest BCUT2D eigenvalue weighted by Crippen LogP contribution is 2.61. The number of ether oxygens (including phenoxy) is 2. The fourth-order valence-electron chi connectivity index (χ4n) is 4.43. The molecule has 19 nitrogen and oxygen atoms in total. The molecule has 0 aromatic carbocycles. The molecule has 11 N–H and O–H groups in total. The van der Waals surface area contributed by atoms with E-state index in [-0.39, 0.29) is 5.82 Å². The van der Waals surface area contributed by atoms with Crippen LogP contribution in [0, 0.1) is 0 Å². The Bertz CT molecular complexity index is 1200. The third-order valence-corrected chi connectivity index (χ3v) is 8.43. The van der Waals surface area contributed by atoms with Gasteiger partial charge in [-0.05, 0) is 6.07 Å². The van der Waals surface area contributed by atoms with Crippen LogP contribution in [-0.4, -0.2) is 129 Å². The number of nitrogens with zero attached hydrogens (tertiary/aromatic N) is 2. The summed E-state index contributed by atoms with van der Waals surface area (Å²) in [7, 11) is -5.60. The maximum absolute atomic E-state index is 13.4. The number of anilines is 1. The first-order valence-corrected chi connectivity index (χ1v) is 13.3. The molecule has 3 rings (SSSR count). The molecule has 1 aromatic rings. The second-order valence-corrected chi connectivity index (χ2v) is 11.3. The van der Waals surface area contributed by atoms with Crippen molar-refractivity contribution in [2.75, 3.05) is 18.9 Å². The van der Waals surface area contributed by atoms with Gasteiger partial charge in [-0.1, -0.05) is 0 Å². The Kier molecular flexibility index (Phi) is 9.70. The number of carbonyl (C=O) groups is 2. The number of aromatic nitrogens is 2. The minimum Gasteiger partial charge on any atom is -0.479 e. The first-order chi connectivity index (χ1) is 18.6. The van der Waals surface area contributed by atoms with Crippen LogP contribution in [0.4, 0.5) is 5.82 Å². The van der Waals surface area contributed by atoms with Crippen molar-refractivity contribution in [1.82, 2.24) is 14.9 Å². The third kappa shape index (κ3) is 6.04. The molecule has 0 saturated carbocycles. The zero-order valence-electron chi connectivity index (χ0n) is 20.8. The molecule has 1 amide bonds. The van der Waals surface area contributed by atoms with Crippen LogP contribution in [0.5, 0.6) is 0 Å². The molecule has 20 heteroatoms. The molecular formula is C20H31N4O15P. The van der Waals surface area contributed by atoms with Gasteiger partial charge in [0.1, 0.15) is 42.4 Å². The number of aliphatic hydroxyl groups is 6. The summed E-state index contributed by atoms with van der Waals surface area (Å²) in [5.41, 5.74) is 4.46. The van der Waals surface area contributed by atoms with E-state index in [1.807, 2.05) is 0 Å².